The molecule has 0 unspecified atom stereocenters. The van der Waals surface area contributed by atoms with Crippen LogP contribution in [0.1, 0.15) is 98.3 Å². The van der Waals surface area contributed by atoms with Crippen molar-refractivity contribution >= 4 is 20.7 Å². The maximum absolute atomic E-state index is 11.7. The molecule has 0 N–H and O–H groups in total. The van der Waals surface area contributed by atoms with Crippen molar-refractivity contribution in [3.8, 4) is 0 Å². The third-order valence-electron chi connectivity index (χ3n) is 5.46. The Morgan fingerprint density at radius 3 is 1.69 bits per heavy atom. The Morgan fingerprint density at radius 2 is 1.17 bits per heavy atom. The van der Waals surface area contributed by atoms with Gasteiger partial charge in [0, 0.05) is 44.5 Å². The molecule has 8 nitrogen and oxygen atoms in total. The minimum atomic E-state index is -2.48. The number of carbonyl (C=O) groups excluding carboxylic acids is 2. The number of ether oxygens (including phenoxy) is 3. The lowest BCUT2D eigenvalue weighted by atomic mass is 10.1. The monoisotopic (exact) mass is 532 g/mol. The molecule has 0 aliphatic heterocycles. The number of unbranched alkanes of at least 4 members (excludes halogenated alkanes) is 8. The Balaban J connectivity index is 3.52. The van der Waals surface area contributed by atoms with Crippen molar-refractivity contribution in [2.75, 3.05) is 46.2 Å². The number of carbonyl (C=O) groups is 2. The molecule has 36 heavy (non-hydrogen) atoms. The predicted molar refractivity (Wildman–Crippen MR) is 144 cm³/mol. The molecule has 0 amide bonds. The standard InChI is InChI=1S/C27H52O8Si/c1-6-33-36(34-7-2,35-8-3)24-17-15-13-11-9-10-12-14-16-21-31-26(28)19-18-20-30-22-23-32-27(29)25(4)5/h4,6-24H2,1-3,5H3. The van der Waals surface area contributed by atoms with E-state index in [1.807, 2.05) is 20.8 Å². The molecule has 0 atom stereocenters. The summed E-state index contributed by atoms with van der Waals surface area (Å²) < 4.78 is 33.3. The zero-order valence-corrected chi connectivity index (χ0v) is 24.4. The number of esters is 2. The fourth-order valence-corrected chi connectivity index (χ4v) is 6.36. The highest BCUT2D eigenvalue weighted by Crippen LogP contribution is 2.21. The molecular weight excluding hydrogens is 480 g/mol. The van der Waals surface area contributed by atoms with E-state index in [9.17, 15) is 9.59 Å². The molecule has 0 saturated carbocycles. The van der Waals surface area contributed by atoms with Gasteiger partial charge in [-0.05, 0) is 47.0 Å². The zero-order valence-electron chi connectivity index (χ0n) is 23.4. The summed E-state index contributed by atoms with van der Waals surface area (Å²) in [4.78, 5) is 22.9. The van der Waals surface area contributed by atoms with Gasteiger partial charge in [-0.25, -0.2) is 4.79 Å². The van der Waals surface area contributed by atoms with Crippen molar-refractivity contribution in [2.24, 2.45) is 0 Å². The highest BCUT2D eigenvalue weighted by Gasteiger charge is 2.39. The molecule has 0 aromatic carbocycles. The van der Waals surface area contributed by atoms with Crippen LogP contribution in [-0.4, -0.2) is 67.0 Å². The lowest BCUT2D eigenvalue weighted by Crippen LogP contribution is -2.45. The van der Waals surface area contributed by atoms with Gasteiger partial charge in [-0.1, -0.05) is 51.5 Å². The predicted octanol–water partition coefficient (Wildman–Crippen LogP) is 6.01. The molecule has 0 rings (SSSR count). The van der Waals surface area contributed by atoms with Crippen molar-refractivity contribution in [1.29, 1.82) is 0 Å². The fourth-order valence-electron chi connectivity index (χ4n) is 3.68. The van der Waals surface area contributed by atoms with Crippen LogP contribution in [0.4, 0.5) is 0 Å². The molecule has 0 aromatic rings. The summed E-state index contributed by atoms with van der Waals surface area (Å²) in [6.45, 7) is 14.4. The van der Waals surface area contributed by atoms with Gasteiger partial charge in [0.1, 0.15) is 6.61 Å². The van der Waals surface area contributed by atoms with Crippen molar-refractivity contribution in [3.63, 3.8) is 0 Å². The Morgan fingerprint density at radius 1 is 0.639 bits per heavy atom. The summed E-state index contributed by atoms with van der Waals surface area (Å²) in [5, 5.41) is 0. The summed E-state index contributed by atoms with van der Waals surface area (Å²) in [5.41, 5.74) is 0.367. The van der Waals surface area contributed by atoms with E-state index in [4.69, 9.17) is 27.5 Å². The smallest absolute Gasteiger partial charge is 0.466 e. The molecule has 0 heterocycles. The SMILES string of the molecule is C=C(C)C(=O)OCCOCCCC(=O)OCCCCCCCCCCC[Si](OCC)(OCC)OCC. The number of hydrogen-bond acceptors (Lipinski definition) is 8. The molecule has 0 radical (unpaired) electrons. The van der Waals surface area contributed by atoms with Crippen molar-refractivity contribution < 1.29 is 37.1 Å². The van der Waals surface area contributed by atoms with Gasteiger partial charge in [0.25, 0.3) is 0 Å². The second-order valence-electron chi connectivity index (χ2n) is 8.77. The van der Waals surface area contributed by atoms with E-state index in [1.54, 1.807) is 6.92 Å². The zero-order chi connectivity index (χ0) is 26.9. The third kappa shape index (κ3) is 19.9. The minimum Gasteiger partial charge on any atom is -0.466 e. The average Bonchev–Trinajstić information content (AvgIpc) is 2.84. The summed E-state index contributed by atoms with van der Waals surface area (Å²) in [6, 6.07) is 0.904. The fraction of sp³-hybridized carbons (Fsp3) is 0.852. The summed E-state index contributed by atoms with van der Waals surface area (Å²) in [5.74, 6) is -0.600. The van der Waals surface area contributed by atoms with Crippen molar-refractivity contribution in [1.82, 2.24) is 0 Å². The highest BCUT2D eigenvalue weighted by atomic mass is 28.4. The van der Waals surface area contributed by atoms with Crippen LogP contribution in [0.15, 0.2) is 12.2 Å². The van der Waals surface area contributed by atoms with E-state index in [0.717, 1.165) is 25.3 Å². The maximum atomic E-state index is 11.7. The van der Waals surface area contributed by atoms with Crippen LogP contribution in [0.5, 0.6) is 0 Å². The first-order valence-corrected chi connectivity index (χ1v) is 15.8. The molecule has 0 aromatic heterocycles. The van der Waals surface area contributed by atoms with Gasteiger partial charge < -0.3 is 27.5 Å². The lowest BCUT2D eigenvalue weighted by molar-refractivity contribution is -0.144. The minimum absolute atomic E-state index is 0.183. The Bertz CT molecular complexity index is 553. The van der Waals surface area contributed by atoms with Crippen LogP contribution in [0.2, 0.25) is 6.04 Å². The van der Waals surface area contributed by atoms with Crippen molar-refractivity contribution in [2.45, 2.75) is 104 Å². The normalized spacial score (nSPS) is 11.4. The van der Waals surface area contributed by atoms with Crippen LogP contribution in [-0.2, 0) is 37.1 Å². The van der Waals surface area contributed by atoms with Crippen LogP contribution in [0.3, 0.4) is 0 Å². The van der Waals surface area contributed by atoms with E-state index in [2.05, 4.69) is 6.58 Å². The topological polar surface area (TPSA) is 89.5 Å². The Labute approximate surface area is 220 Å². The van der Waals surface area contributed by atoms with Crippen LogP contribution in [0, 0.1) is 0 Å². The first kappa shape index (κ1) is 34.7. The van der Waals surface area contributed by atoms with Crippen LogP contribution < -0.4 is 0 Å². The molecular formula is C27H52O8Si. The van der Waals surface area contributed by atoms with Gasteiger partial charge >= 0.3 is 20.7 Å². The van der Waals surface area contributed by atoms with Gasteiger partial charge in [0.2, 0.25) is 0 Å². The largest absolute Gasteiger partial charge is 0.500 e. The van der Waals surface area contributed by atoms with Gasteiger partial charge in [0.15, 0.2) is 0 Å². The molecule has 0 fully saturated rings. The molecule has 0 spiro atoms. The van der Waals surface area contributed by atoms with E-state index >= 15 is 0 Å². The van der Waals surface area contributed by atoms with Gasteiger partial charge in [-0.15, -0.1) is 0 Å². The molecule has 212 valence electrons. The van der Waals surface area contributed by atoms with E-state index < -0.39 is 14.8 Å². The molecule has 0 bridgehead atoms. The van der Waals surface area contributed by atoms with Gasteiger partial charge in [-0.2, -0.15) is 0 Å². The first-order chi connectivity index (χ1) is 17.4. The van der Waals surface area contributed by atoms with E-state index in [-0.39, 0.29) is 12.6 Å². The van der Waals surface area contributed by atoms with Crippen LogP contribution in [0.25, 0.3) is 0 Å². The molecule has 0 saturated heterocycles. The summed E-state index contributed by atoms with van der Waals surface area (Å²) in [7, 11) is -2.48. The van der Waals surface area contributed by atoms with Gasteiger partial charge in [0.05, 0.1) is 13.2 Å². The lowest BCUT2D eigenvalue weighted by Gasteiger charge is -2.28. The average molecular weight is 533 g/mol. The molecule has 0 aliphatic carbocycles. The summed E-state index contributed by atoms with van der Waals surface area (Å²) >= 11 is 0. The highest BCUT2D eigenvalue weighted by molar-refractivity contribution is 6.60. The summed E-state index contributed by atoms with van der Waals surface area (Å²) in [6.07, 6.45) is 11.3. The Hall–Kier alpha value is -1.26. The van der Waals surface area contributed by atoms with E-state index in [0.29, 0.717) is 58.1 Å². The second-order valence-corrected chi connectivity index (χ2v) is 11.5. The van der Waals surface area contributed by atoms with Crippen molar-refractivity contribution in [3.05, 3.63) is 12.2 Å². The number of rotatable bonds is 26. The quantitative estimate of drug-likeness (QED) is 0.0579. The molecule has 9 heteroatoms. The maximum Gasteiger partial charge on any atom is 0.500 e. The Kier molecular flexibility index (Phi) is 23.2. The second kappa shape index (κ2) is 24.1. The van der Waals surface area contributed by atoms with Gasteiger partial charge in [-0.3, -0.25) is 4.79 Å². The number of hydrogen-bond donors (Lipinski definition) is 0. The van der Waals surface area contributed by atoms with Crippen LogP contribution >= 0.6 is 0 Å². The molecule has 0 aliphatic rings. The first-order valence-electron chi connectivity index (χ1n) is 13.9. The van der Waals surface area contributed by atoms with E-state index in [1.165, 1.54) is 38.5 Å². The third-order valence-corrected chi connectivity index (χ3v) is 8.61.